The minimum Gasteiger partial charge on any atom is -0.385 e. The molecule has 4 heteroatoms. The summed E-state index contributed by atoms with van der Waals surface area (Å²) in [6.45, 7) is 3.59. The van der Waals surface area contributed by atoms with E-state index in [0.717, 1.165) is 12.5 Å². The van der Waals surface area contributed by atoms with E-state index in [9.17, 15) is 4.79 Å². The van der Waals surface area contributed by atoms with E-state index in [4.69, 9.17) is 10.5 Å². The highest BCUT2D eigenvalue weighted by Gasteiger charge is 2.21. The van der Waals surface area contributed by atoms with Gasteiger partial charge in [0, 0.05) is 20.3 Å². The zero-order valence-corrected chi connectivity index (χ0v) is 11.8. The van der Waals surface area contributed by atoms with E-state index in [-0.39, 0.29) is 5.91 Å². The first-order chi connectivity index (χ1) is 8.67. The molecule has 1 rings (SSSR count). The summed E-state index contributed by atoms with van der Waals surface area (Å²) < 4.78 is 4.92. The standard InChI is InChI=1S/C14H28N2O2/c1-3-11-4-6-12(7-5-11)10-16-14(17)13(15)8-9-18-2/h11-13H,3-10,15H2,1-2H3,(H,16,17). The topological polar surface area (TPSA) is 64.4 Å². The molecule has 0 bridgehead atoms. The Balaban J connectivity index is 2.15. The average molecular weight is 256 g/mol. The molecule has 1 amide bonds. The summed E-state index contributed by atoms with van der Waals surface area (Å²) in [5.74, 6) is 1.51. The number of rotatable bonds is 7. The zero-order chi connectivity index (χ0) is 13.4. The first-order valence-electron chi connectivity index (χ1n) is 7.19. The number of hydrogen-bond acceptors (Lipinski definition) is 3. The lowest BCUT2D eigenvalue weighted by atomic mass is 9.81. The minimum absolute atomic E-state index is 0.0373. The lowest BCUT2D eigenvalue weighted by Crippen LogP contribution is -2.43. The predicted octanol–water partition coefficient (Wildman–Crippen LogP) is 1.68. The Morgan fingerprint density at radius 1 is 1.33 bits per heavy atom. The molecule has 1 saturated carbocycles. The maximum absolute atomic E-state index is 11.7. The number of carbonyl (C=O) groups excluding carboxylic acids is 1. The van der Waals surface area contributed by atoms with Crippen molar-refractivity contribution in [3.8, 4) is 0 Å². The van der Waals surface area contributed by atoms with Gasteiger partial charge in [-0.15, -0.1) is 0 Å². The maximum atomic E-state index is 11.7. The van der Waals surface area contributed by atoms with Crippen LogP contribution in [0.2, 0.25) is 0 Å². The van der Waals surface area contributed by atoms with Crippen LogP contribution in [0.3, 0.4) is 0 Å². The Kier molecular flexibility index (Phi) is 7.28. The normalized spacial score (nSPS) is 25.7. The summed E-state index contributed by atoms with van der Waals surface area (Å²) in [5, 5.41) is 2.97. The van der Waals surface area contributed by atoms with Crippen molar-refractivity contribution in [1.82, 2.24) is 5.32 Å². The van der Waals surface area contributed by atoms with Crippen molar-refractivity contribution < 1.29 is 9.53 Å². The number of hydrogen-bond donors (Lipinski definition) is 2. The summed E-state index contributed by atoms with van der Waals surface area (Å²) in [7, 11) is 1.62. The minimum atomic E-state index is -0.433. The van der Waals surface area contributed by atoms with Crippen molar-refractivity contribution in [2.75, 3.05) is 20.3 Å². The molecule has 0 aromatic carbocycles. The van der Waals surface area contributed by atoms with Crippen molar-refractivity contribution >= 4 is 5.91 Å². The second-order valence-electron chi connectivity index (χ2n) is 5.43. The molecule has 0 spiro atoms. The SMILES string of the molecule is CCC1CCC(CNC(=O)C(N)CCOC)CC1. The maximum Gasteiger partial charge on any atom is 0.237 e. The van der Waals surface area contributed by atoms with Gasteiger partial charge in [-0.3, -0.25) is 4.79 Å². The lowest BCUT2D eigenvalue weighted by Gasteiger charge is -2.28. The summed E-state index contributed by atoms with van der Waals surface area (Å²) in [5.41, 5.74) is 5.77. The molecule has 0 heterocycles. The third-order valence-corrected chi connectivity index (χ3v) is 4.08. The van der Waals surface area contributed by atoms with Gasteiger partial charge in [-0.2, -0.15) is 0 Å². The summed E-state index contributed by atoms with van der Waals surface area (Å²) in [6, 6.07) is -0.433. The fourth-order valence-electron chi connectivity index (χ4n) is 2.60. The van der Waals surface area contributed by atoms with Crippen molar-refractivity contribution in [3.63, 3.8) is 0 Å². The summed E-state index contributed by atoms with van der Waals surface area (Å²) in [4.78, 5) is 11.7. The average Bonchev–Trinajstić information content (AvgIpc) is 2.42. The van der Waals surface area contributed by atoms with Gasteiger partial charge in [-0.25, -0.2) is 0 Å². The van der Waals surface area contributed by atoms with Gasteiger partial charge in [0.25, 0.3) is 0 Å². The molecule has 1 atom stereocenters. The number of methoxy groups -OCH3 is 1. The molecule has 1 aliphatic rings. The molecule has 1 fully saturated rings. The molecule has 0 aromatic rings. The Hall–Kier alpha value is -0.610. The van der Waals surface area contributed by atoms with Crippen LogP contribution in [0.1, 0.15) is 45.4 Å². The molecular weight excluding hydrogens is 228 g/mol. The van der Waals surface area contributed by atoms with E-state index in [0.29, 0.717) is 18.9 Å². The van der Waals surface area contributed by atoms with Crippen LogP contribution in [0.5, 0.6) is 0 Å². The van der Waals surface area contributed by atoms with Crippen LogP contribution in [0.25, 0.3) is 0 Å². The Labute approximate surface area is 111 Å². The number of amides is 1. The van der Waals surface area contributed by atoms with Crippen molar-refractivity contribution in [1.29, 1.82) is 0 Å². The van der Waals surface area contributed by atoms with Gasteiger partial charge in [-0.05, 0) is 31.1 Å². The van der Waals surface area contributed by atoms with Crippen LogP contribution in [-0.4, -0.2) is 32.2 Å². The molecule has 106 valence electrons. The molecule has 0 radical (unpaired) electrons. The second kappa shape index (κ2) is 8.48. The van der Waals surface area contributed by atoms with Crippen LogP contribution in [0.15, 0.2) is 0 Å². The van der Waals surface area contributed by atoms with Gasteiger partial charge in [0.05, 0.1) is 6.04 Å². The van der Waals surface area contributed by atoms with E-state index in [1.54, 1.807) is 7.11 Å². The van der Waals surface area contributed by atoms with Crippen LogP contribution in [0.4, 0.5) is 0 Å². The van der Waals surface area contributed by atoms with Crippen LogP contribution in [0, 0.1) is 11.8 Å². The Morgan fingerprint density at radius 2 is 1.94 bits per heavy atom. The molecule has 3 N–H and O–H groups in total. The molecule has 1 aliphatic carbocycles. The van der Waals surface area contributed by atoms with Crippen molar-refractivity contribution in [2.24, 2.45) is 17.6 Å². The number of nitrogens with two attached hydrogens (primary N) is 1. The first kappa shape index (κ1) is 15.4. The second-order valence-corrected chi connectivity index (χ2v) is 5.43. The number of carbonyl (C=O) groups is 1. The van der Waals surface area contributed by atoms with Crippen LogP contribution in [-0.2, 0) is 9.53 Å². The highest BCUT2D eigenvalue weighted by molar-refractivity contribution is 5.81. The molecule has 4 nitrogen and oxygen atoms in total. The summed E-state index contributed by atoms with van der Waals surface area (Å²) >= 11 is 0. The van der Waals surface area contributed by atoms with Crippen molar-refractivity contribution in [2.45, 2.75) is 51.5 Å². The Bertz CT molecular complexity index is 238. The van der Waals surface area contributed by atoms with Gasteiger partial charge in [0.2, 0.25) is 5.91 Å². The summed E-state index contributed by atoms with van der Waals surface area (Å²) in [6.07, 6.45) is 6.99. The molecule has 1 unspecified atom stereocenters. The van der Waals surface area contributed by atoms with Crippen LogP contribution >= 0.6 is 0 Å². The highest BCUT2D eigenvalue weighted by atomic mass is 16.5. The van der Waals surface area contributed by atoms with Gasteiger partial charge in [-0.1, -0.05) is 26.2 Å². The zero-order valence-electron chi connectivity index (χ0n) is 11.8. The highest BCUT2D eigenvalue weighted by Crippen LogP contribution is 2.29. The molecule has 18 heavy (non-hydrogen) atoms. The quantitative estimate of drug-likeness (QED) is 0.728. The van der Waals surface area contributed by atoms with E-state index in [1.807, 2.05) is 0 Å². The first-order valence-corrected chi connectivity index (χ1v) is 7.19. The fourth-order valence-corrected chi connectivity index (χ4v) is 2.60. The molecule has 0 aromatic heterocycles. The third kappa shape index (κ3) is 5.36. The predicted molar refractivity (Wildman–Crippen MR) is 73.2 cm³/mol. The van der Waals surface area contributed by atoms with Gasteiger partial charge in [0.1, 0.15) is 0 Å². The largest absolute Gasteiger partial charge is 0.385 e. The monoisotopic (exact) mass is 256 g/mol. The Morgan fingerprint density at radius 3 is 2.50 bits per heavy atom. The lowest BCUT2D eigenvalue weighted by molar-refractivity contribution is -0.123. The van der Waals surface area contributed by atoms with E-state index >= 15 is 0 Å². The number of nitrogens with one attached hydrogen (secondary N) is 1. The van der Waals surface area contributed by atoms with E-state index in [1.165, 1.54) is 32.1 Å². The van der Waals surface area contributed by atoms with Gasteiger partial charge in [0.15, 0.2) is 0 Å². The molecule has 0 aliphatic heterocycles. The number of ether oxygens (including phenoxy) is 1. The fraction of sp³-hybridized carbons (Fsp3) is 0.929. The van der Waals surface area contributed by atoms with Crippen LogP contribution < -0.4 is 11.1 Å². The van der Waals surface area contributed by atoms with E-state index in [2.05, 4.69) is 12.2 Å². The van der Waals surface area contributed by atoms with E-state index < -0.39 is 6.04 Å². The van der Waals surface area contributed by atoms with Gasteiger partial charge < -0.3 is 15.8 Å². The van der Waals surface area contributed by atoms with Gasteiger partial charge >= 0.3 is 0 Å². The molecular formula is C14H28N2O2. The van der Waals surface area contributed by atoms with Crippen molar-refractivity contribution in [3.05, 3.63) is 0 Å². The smallest absolute Gasteiger partial charge is 0.237 e. The third-order valence-electron chi connectivity index (χ3n) is 4.08. The molecule has 0 saturated heterocycles.